The van der Waals surface area contributed by atoms with E-state index in [1.165, 1.54) is 0 Å². The first-order valence-corrected chi connectivity index (χ1v) is 6.59. The Kier molecular flexibility index (Phi) is 7.46. The third kappa shape index (κ3) is 5.46. The van der Waals surface area contributed by atoms with Crippen molar-refractivity contribution in [3.8, 4) is 11.5 Å². The summed E-state index contributed by atoms with van der Waals surface area (Å²) < 4.78 is 10.8. The summed E-state index contributed by atoms with van der Waals surface area (Å²) in [7, 11) is 0. The lowest BCUT2D eigenvalue weighted by Gasteiger charge is -2.15. The van der Waals surface area contributed by atoms with Crippen LogP contribution in [0.15, 0.2) is 18.2 Å². The van der Waals surface area contributed by atoms with Crippen LogP contribution in [0, 0.1) is 0 Å². The van der Waals surface area contributed by atoms with Crippen molar-refractivity contribution in [3.05, 3.63) is 23.8 Å². The van der Waals surface area contributed by atoms with E-state index in [0.29, 0.717) is 37.6 Å². The maximum atomic E-state index is 10.6. The van der Waals surface area contributed by atoms with Gasteiger partial charge in [0.15, 0.2) is 18.1 Å². The normalized spacial score (nSPS) is 10.3. The van der Waals surface area contributed by atoms with Crippen LogP contribution in [0.1, 0.15) is 18.9 Å². The number of hydrogen-bond donors (Lipinski definition) is 3. The monoisotopic (exact) mass is 283 g/mol. The molecule has 0 aliphatic carbocycles. The zero-order valence-corrected chi connectivity index (χ0v) is 11.6. The maximum absolute atomic E-state index is 10.6. The maximum Gasteiger partial charge on any atom is 0.341 e. The predicted molar refractivity (Wildman–Crippen MR) is 74.2 cm³/mol. The number of hydrogen-bond acceptors (Lipinski definition) is 5. The molecule has 0 aromatic heterocycles. The summed E-state index contributed by atoms with van der Waals surface area (Å²) in [4.78, 5) is 10.6. The van der Waals surface area contributed by atoms with Crippen LogP contribution in [0.25, 0.3) is 0 Å². The molecule has 20 heavy (non-hydrogen) atoms. The Morgan fingerprint density at radius 2 is 2.15 bits per heavy atom. The van der Waals surface area contributed by atoms with Gasteiger partial charge >= 0.3 is 5.97 Å². The van der Waals surface area contributed by atoms with E-state index in [1.807, 2.05) is 19.1 Å². The van der Waals surface area contributed by atoms with Gasteiger partial charge in [-0.15, -0.1) is 0 Å². The van der Waals surface area contributed by atoms with E-state index >= 15 is 0 Å². The summed E-state index contributed by atoms with van der Waals surface area (Å²) in [5, 5.41) is 20.6. The van der Waals surface area contributed by atoms with Crippen molar-refractivity contribution in [2.24, 2.45) is 0 Å². The van der Waals surface area contributed by atoms with Crippen molar-refractivity contribution < 1.29 is 24.5 Å². The van der Waals surface area contributed by atoms with Crippen LogP contribution < -0.4 is 14.8 Å². The fraction of sp³-hybridized carbons (Fsp3) is 0.500. The number of para-hydroxylation sites is 1. The molecule has 0 radical (unpaired) electrons. The Bertz CT molecular complexity index is 422. The number of ether oxygens (including phenoxy) is 2. The molecule has 0 amide bonds. The molecular formula is C14H21NO5. The van der Waals surface area contributed by atoms with Gasteiger partial charge in [0.05, 0.1) is 6.61 Å². The number of aliphatic carboxylic acids is 1. The zero-order valence-electron chi connectivity index (χ0n) is 11.6. The molecular weight excluding hydrogens is 262 g/mol. The Morgan fingerprint density at radius 1 is 1.35 bits per heavy atom. The molecule has 0 bridgehead atoms. The number of nitrogens with one attached hydrogen (secondary N) is 1. The summed E-state index contributed by atoms with van der Waals surface area (Å²) in [6.45, 7) is 3.25. The highest BCUT2D eigenvalue weighted by Gasteiger charge is 2.12. The van der Waals surface area contributed by atoms with E-state index in [4.69, 9.17) is 19.7 Å². The molecule has 3 N–H and O–H groups in total. The number of aliphatic hydroxyl groups excluding tert-OH is 1. The number of rotatable bonds is 10. The van der Waals surface area contributed by atoms with Gasteiger partial charge in [-0.1, -0.05) is 12.1 Å². The van der Waals surface area contributed by atoms with E-state index in [0.717, 1.165) is 5.56 Å². The van der Waals surface area contributed by atoms with Crippen LogP contribution in [-0.2, 0) is 11.3 Å². The lowest BCUT2D eigenvalue weighted by atomic mass is 10.2. The summed E-state index contributed by atoms with van der Waals surface area (Å²) in [6.07, 6.45) is 0.663. The summed E-state index contributed by atoms with van der Waals surface area (Å²) in [5.41, 5.74) is 0.829. The minimum absolute atomic E-state index is 0.133. The summed E-state index contributed by atoms with van der Waals surface area (Å²) >= 11 is 0. The quantitative estimate of drug-likeness (QED) is 0.556. The van der Waals surface area contributed by atoms with Gasteiger partial charge in [-0.25, -0.2) is 4.79 Å². The van der Waals surface area contributed by atoms with Gasteiger partial charge in [-0.05, 0) is 26.0 Å². The molecule has 0 saturated heterocycles. The van der Waals surface area contributed by atoms with Gasteiger partial charge in [-0.3, -0.25) is 0 Å². The summed E-state index contributed by atoms with van der Waals surface area (Å²) in [5.74, 6) is -0.0426. The van der Waals surface area contributed by atoms with Crippen molar-refractivity contribution in [2.45, 2.75) is 19.9 Å². The van der Waals surface area contributed by atoms with Gasteiger partial charge in [0.2, 0.25) is 0 Å². The van der Waals surface area contributed by atoms with E-state index in [2.05, 4.69) is 5.32 Å². The highest BCUT2D eigenvalue weighted by atomic mass is 16.5. The number of aliphatic hydroxyl groups is 1. The number of benzene rings is 1. The first-order chi connectivity index (χ1) is 9.69. The standard InChI is InChI=1S/C14H21NO5/c1-2-19-12-6-3-5-11(9-15-7-4-8-16)14(12)20-10-13(17)18/h3,5-6,15-16H,2,4,7-10H2,1H3,(H,17,18). The molecule has 0 atom stereocenters. The lowest BCUT2D eigenvalue weighted by molar-refractivity contribution is -0.139. The van der Waals surface area contributed by atoms with Crippen LogP contribution in [0.4, 0.5) is 0 Å². The molecule has 112 valence electrons. The van der Waals surface area contributed by atoms with Crippen LogP contribution in [0.2, 0.25) is 0 Å². The molecule has 0 saturated carbocycles. The zero-order chi connectivity index (χ0) is 14.8. The number of carboxylic acids is 1. The number of carbonyl (C=O) groups is 1. The van der Waals surface area contributed by atoms with Crippen LogP contribution in [-0.4, -0.2) is 42.5 Å². The molecule has 6 heteroatoms. The van der Waals surface area contributed by atoms with E-state index in [9.17, 15) is 4.79 Å². The molecule has 1 rings (SSSR count). The second-order valence-electron chi connectivity index (χ2n) is 4.11. The Hall–Kier alpha value is -1.79. The van der Waals surface area contributed by atoms with E-state index in [1.54, 1.807) is 6.07 Å². The highest BCUT2D eigenvalue weighted by molar-refractivity contribution is 5.68. The second kappa shape index (κ2) is 9.17. The largest absolute Gasteiger partial charge is 0.490 e. The fourth-order valence-electron chi connectivity index (χ4n) is 1.69. The number of carboxylic acid groups (broad SMARTS) is 1. The molecule has 0 spiro atoms. The topological polar surface area (TPSA) is 88.0 Å². The minimum atomic E-state index is -1.03. The van der Waals surface area contributed by atoms with Crippen LogP contribution >= 0.6 is 0 Å². The van der Waals surface area contributed by atoms with Crippen molar-refractivity contribution >= 4 is 5.97 Å². The van der Waals surface area contributed by atoms with E-state index < -0.39 is 12.6 Å². The SMILES string of the molecule is CCOc1cccc(CNCCCO)c1OCC(=O)O. The first-order valence-electron chi connectivity index (χ1n) is 6.59. The lowest BCUT2D eigenvalue weighted by Crippen LogP contribution is -2.18. The van der Waals surface area contributed by atoms with Gasteiger partial charge in [0.1, 0.15) is 0 Å². The first kappa shape index (κ1) is 16.3. The molecule has 0 aliphatic heterocycles. The third-order valence-electron chi connectivity index (χ3n) is 2.53. The third-order valence-corrected chi connectivity index (χ3v) is 2.53. The van der Waals surface area contributed by atoms with Crippen LogP contribution in [0.3, 0.4) is 0 Å². The average Bonchev–Trinajstić information content (AvgIpc) is 2.43. The Labute approximate surface area is 118 Å². The van der Waals surface area contributed by atoms with Gasteiger partial charge in [-0.2, -0.15) is 0 Å². The van der Waals surface area contributed by atoms with Gasteiger partial charge < -0.3 is 25.0 Å². The molecule has 1 aromatic rings. The summed E-state index contributed by atoms with van der Waals surface area (Å²) in [6, 6.07) is 5.44. The molecule has 0 unspecified atom stereocenters. The van der Waals surface area contributed by atoms with Gasteiger partial charge in [0.25, 0.3) is 0 Å². The average molecular weight is 283 g/mol. The molecule has 0 aliphatic rings. The van der Waals surface area contributed by atoms with Crippen molar-refractivity contribution in [1.29, 1.82) is 0 Å². The molecule has 0 fully saturated rings. The highest BCUT2D eigenvalue weighted by Crippen LogP contribution is 2.31. The van der Waals surface area contributed by atoms with Crippen molar-refractivity contribution in [1.82, 2.24) is 5.32 Å². The van der Waals surface area contributed by atoms with E-state index in [-0.39, 0.29) is 6.61 Å². The van der Waals surface area contributed by atoms with Crippen molar-refractivity contribution in [2.75, 3.05) is 26.4 Å². The molecule has 1 aromatic carbocycles. The van der Waals surface area contributed by atoms with Crippen molar-refractivity contribution in [3.63, 3.8) is 0 Å². The molecule has 6 nitrogen and oxygen atoms in total. The smallest absolute Gasteiger partial charge is 0.341 e. The second-order valence-corrected chi connectivity index (χ2v) is 4.11. The fourth-order valence-corrected chi connectivity index (χ4v) is 1.69. The molecule has 0 heterocycles. The van der Waals surface area contributed by atoms with Gasteiger partial charge in [0, 0.05) is 18.7 Å². The Morgan fingerprint density at radius 3 is 2.80 bits per heavy atom. The Balaban J connectivity index is 2.78. The minimum Gasteiger partial charge on any atom is -0.490 e. The predicted octanol–water partition coefficient (Wildman–Crippen LogP) is 1.02. The van der Waals surface area contributed by atoms with Crippen LogP contribution in [0.5, 0.6) is 11.5 Å².